The fraction of sp³-hybridized carbons (Fsp3) is 0.333. The molecule has 0 amide bonds. The van der Waals surface area contributed by atoms with E-state index in [2.05, 4.69) is 23.2 Å². The van der Waals surface area contributed by atoms with Crippen LogP contribution in [-0.4, -0.2) is 10.2 Å². The second kappa shape index (κ2) is 5.80. The minimum absolute atomic E-state index is 0.394. The van der Waals surface area contributed by atoms with E-state index >= 15 is 0 Å². The molecule has 0 fully saturated rings. The summed E-state index contributed by atoms with van der Waals surface area (Å²) in [6.07, 6.45) is 0.972. The molecule has 0 unspecified atom stereocenters. The molecule has 2 N–H and O–H groups in total. The molecule has 0 aliphatic rings. The second-order valence-electron chi connectivity index (χ2n) is 4.50. The Balaban J connectivity index is 2.35. The summed E-state index contributed by atoms with van der Waals surface area (Å²) in [7, 11) is 0. The Labute approximate surface area is 113 Å². The van der Waals surface area contributed by atoms with Crippen LogP contribution in [-0.2, 0) is 13.0 Å². The highest BCUT2D eigenvalue weighted by Gasteiger charge is 2.11. The molecular weight excluding hydrogens is 238 g/mol. The molecule has 0 aliphatic heterocycles. The predicted molar refractivity (Wildman–Crippen MR) is 75.3 cm³/mol. The van der Waals surface area contributed by atoms with Crippen molar-refractivity contribution in [2.45, 2.75) is 33.7 Å². The van der Waals surface area contributed by atoms with E-state index in [9.17, 15) is 0 Å². The summed E-state index contributed by atoms with van der Waals surface area (Å²) < 4.78 is 5.83. The van der Waals surface area contributed by atoms with Crippen molar-refractivity contribution >= 4 is 0 Å². The summed E-state index contributed by atoms with van der Waals surface area (Å²) in [5.41, 5.74) is 9.84. The van der Waals surface area contributed by atoms with Crippen molar-refractivity contribution in [2.24, 2.45) is 5.73 Å². The lowest BCUT2D eigenvalue weighted by molar-refractivity contribution is 0.446. The van der Waals surface area contributed by atoms with E-state index in [0.717, 1.165) is 29.0 Å². The van der Waals surface area contributed by atoms with E-state index in [0.29, 0.717) is 12.4 Å². The van der Waals surface area contributed by atoms with E-state index in [1.165, 1.54) is 5.56 Å². The van der Waals surface area contributed by atoms with Crippen LogP contribution in [0.2, 0.25) is 0 Å². The van der Waals surface area contributed by atoms with Crippen LogP contribution in [0.3, 0.4) is 0 Å². The number of ether oxygens (including phenoxy) is 1. The minimum atomic E-state index is 0.394. The molecule has 2 aromatic rings. The molecule has 0 aliphatic carbocycles. The molecule has 4 nitrogen and oxygen atoms in total. The van der Waals surface area contributed by atoms with Crippen molar-refractivity contribution in [1.29, 1.82) is 0 Å². The molecule has 1 heterocycles. The van der Waals surface area contributed by atoms with Crippen molar-refractivity contribution in [1.82, 2.24) is 10.2 Å². The van der Waals surface area contributed by atoms with E-state index in [-0.39, 0.29) is 0 Å². The van der Waals surface area contributed by atoms with Gasteiger partial charge in [-0.15, -0.1) is 5.10 Å². The van der Waals surface area contributed by atoms with Crippen LogP contribution in [0, 0.1) is 13.8 Å². The average molecular weight is 257 g/mol. The number of rotatable bonds is 4. The Morgan fingerprint density at radius 1 is 1.21 bits per heavy atom. The summed E-state index contributed by atoms with van der Waals surface area (Å²) >= 11 is 0. The zero-order valence-corrected chi connectivity index (χ0v) is 11.6. The summed E-state index contributed by atoms with van der Waals surface area (Å²) in [6, 6.07) is 7.97. The lowest BCUT2D eigenvalue weighted by atomic mass is 10.1. The lowest BCUT2D eigenvalue weighted by Crippen LogP contribution is -2.07. The zero-order chi connectivity index (χ0) is 13.8. The molecular formula is C15H19N3O. The Morgan fingerprint density at radius 3 is 2.68 bits per heavy atom. The first-order valence-corrected chi connectivity index (χ1v) is 6.45. The van der Waals surface area contributed by atoms with Crippen LogP contribution in [0.5, 0.6) is 11.6 Å². The third kappa shape index (κ3) is 2.90. The molecule has 0 atom stereocenters. The van der Waals surface area contributed by atoms with Gasteiger partial charge in [0.25, 0.3) is 0 Å². The largest absolute Gasteiger partial charge is 0.437 e. The fourth-order valence-corrected chi connectivity index (χ4v) is 1.90. The molecule has 0 spiro atoms. The Kier molecular flexibility index (Phi) is 4.12. The van der Waals surface area contributed by atoms with Crippen molar-refractivity contribution in [3.63, 3.8) is 0 Å². The van der Waals surface area contributed by atoms with Gasteiger partial charge in [-0.05, 0) is 43.5 Å². The number of aryl methyl sites for hydroxylation is 2. The zero-order valence-electron chi connectivity index (χ0n) is 11.6. The highest BCUT2D eigenvalue weighted by Crippen LogP contribution is 2.26. The van der Waals surface area contributed by atoms with Gasteiger partial charge < -0.3 is 10.5 Å². The molecule has 0 radical (unpaired) electrons. The molecule has 2 rings (SSSR count). The monoisotopic (exact) mass is 257 g/mol. The van der Waals surface area contributed by atoms with E-state index in [4.69, 9.17) is 10.5 Å². The van der Waals surface area contributed by atoms with Crippen LogP contribution in [0.4, 0.5) is 0 Å². The van der Waals surface area contributed by atoms with E-state index in [1.807, 2.05) is 32.0 Å². The average Bonchev–Trinajstić information content (AvgIpc) is 2.43. The van der Waals surface area contributed by atoms with Crippen LogP contribution < -0.4 is 10.5 Å². The topological polar surface area (TPSA) is 61.0 Å². The van der Waals surface area contributed by atoms with Gasteiger partial charge in [-0.25, -0.2) is 0 Å². The molecule has 100 valence electrons. The maximum absolute atomic E-state index is 5.83. The number of benzene rings is 1. The molecule has 0 saturated carbocycles. The summed E-state index contributed by atoms with van der Waals surface area (Å²) in [6.45, 7) is 6.41. The van der Waals surface area contributed by atoms with E-state index < -0.39 is 0 Å². The van der Waals surface area contributed by atoms with Crippen LogP contribution in [0.25, 0.3) is 0 Å². The quantitative estimate of drug-likeness (QED) is 0.914. The second-order valence-corrected chi connectivity index (χ2v) is 4.50. The van der Waals surface area contributed by atoms with Gasteiger partial charge in [0.05, 0.1) is 5.69 Å². The van der Waals surface area contributed by atoms with Crippen LogP contribution in [0.1, 0.15) is 29.3 Å². The first-order valence-electron chi connectivity index (χ1n) is 6.45. The molecule has 0 saturated heterocycles. The van der Waals surface area contributed by atoms with Crippen molar-refractivity contribution in [3.8, 4) is 11.6 Å². The number of nitrogens with zero attached hydrogens (tertiary/aromatic N) is 2. The van der Waals surface area contributed by atoms with Gasteiger partial charge in [0, 0.05) is 12.1 Å². The molecule has 0 bridgehead atoms. The first-order chi connectivity index (χ1) is 9.15. The predicted octanol–water partition coefficient (Wildman–Crippen LogP) is 2.91. The van der Waals surface area contributed by atoms with Gasteiger partial charge in [-0.2, -0.15) is 5.10 Å². The third-order valence-corrected chi connectivity index (χ3v) is 3.27. The fourth-order valence-electron chi connectivity index (χ4n) is 1.90. The number of aromatic nitrogens is 2. The minimum Gasteiger partial charge on any atom is -0.437 e. The lowest BCUT2D eigenvalue weighted by Gasteiger charge is -2.12. The van der Waals surface area contributed by atoms with Crippen LogP contribution >= 0.6 is 0 Å². The van der Waals surface area contributed by atoms with Crippen molar-refractivity contribution in [3.05, 3.63) is 46.6 Å². The molecule has 4 heteroatoms. The first kappa shape index (κ1) is 13.5. The van der Waals surface area contributed by atoms with Gasteiger partial charge in [0.15, 0.2) is 0 Å². The standard InChI is InChI=1S/C15H19N3O/c1-4-12-6-5-7-13(8-12)19-15-14(9-16)10(2)11(3)17-18-15/h5-8H,4,9,16H2,1-3H3. The SMILES string of the molecule is CCc1cccc(Oc2nnc(C)c(C)c2CN)c1. The van der Waals surface area contributed by atoms with Gasteiger partial charge in [0.2, 0.25) is 5.88 Å². The normalized spacial score (nSPS) is 10.5. The van der Waals surface area contributed by atoms with Crippen LogP contribution in [0.15, 0.2) is 24.3 Å². The number of nitrogens with two attached hydrogens (primary N) is 1. The summed E-state index contributed by atoms with van der Waals surface area (Å²) in [4.78, 5) is 0. The van der Waals surface area contributed by atoms with Crippen molar-refractivity contribution in [2.75, 3.05) is 0 Å². The maximum Gasteiger partial charge on any atom is 0.243 e. The summed E-state index contributed by atoms with van der Waals surface area (Å²) in [5.74, 6) is 1.27. The molecule has 1 aromatic heterocycles. The van der Waals surface area contributed by atoms with Gasteiger partial charge >= 0.3 is 0 Å². The highest BCUT2D eigenvalue weighted by atomic mass is 16.5. The van der Waals surface area contributed by atoms with Gasteiger partial charge in [-0.1, -0.05) is 19.1 Å². The third-order valence-electron chi connectivity index (χ3n) is 3.27. The Hall–Kier alpha value is -1.94. The summed E-state index contributed by atoms with van der Waals surface area (Å²) in [5, 5.41) is 8.20. The van der Waals surface area contributed by atoms with E-state index in [1.54, 1.807) is 0 Å². The molecule has 1 aromatic carbocycles. The Bertz CT molecular complexity index is 582. The number of hydrogen-bond acceptors (Lipinski definition) is 4. The maximum atomic E-state index is 5.83. The van der Waals surface area contributed by atoms with Gasteiger partial charge in [-0.3, -0.25) is 0 Å². The molecule has 19 heavy (non-hydrogen) atoms. The Morgan fingerprint density at radius 2 is 2.00 bits per heavy atom. The highest BCUT2D eigenvalue weighted by molar-refractivity contribution is 5.39. The number of hydrogen-bond donors (Lipinski definition) is 1. The smallest absolute Gasteiger partial charge is 0.243 e. The van der Waals surface area contributed by atoms with Crippen molar-refractivity contribution < 1.29 is 4.74 Å². The van der Waals surface area contributed by atoms with Gasteiger partial charge in [0.1, 0.15) is 5.75 Å².